The number of nitrogens with one attached hydrogen (secondary N) is 1. The maximum absolute atomic E-state index is 13.3. The van der Waals surface area contributed by atoms with Crippen LogP contribution in [-0.2, 0) is 0 Å². The lowest BCUT2D eigenvalue weighted by Gasteiger charge is -2.06. The normalized spacial score (nSPS) is 10.2. The van der Waals surface area contributed by atoms with E-state index in [-0.39, 0.29) is 10.0 Å². The molecule has 0 unspecified atom stereocenters. The highest BCUT2D eigenvalue weighted by atomic mass is 79.9. The maximum Gasteiger partial charge on any atom is 0.258 e. The molecule has 0 aliphatic rings. The fraction of sp³-hybridized carbons (Fsp3) is 0. The highest BCUT2D eigenvalue weighted by Gasteiger charge is 2.13. The summed E-state index contributed by atoms with van der Waals surface area (Å²) in [5.41, 5.74) is 0.219. The van der Waals surface area contributed by atoms with Crippen LogP contribution in [0.25, 0.3) is 0 Å². The number of benzene rings is 1. The lowest BCUT2D eigenvalue weighted by molar-refractivity contribution is 0.102. The summed E-state index contributed by atoms with van der Waals surface area (Å²) >= 11 is 6.32. The standard InChI is InChI=1S/C12H7Br2FN2O/c13-7-4-5-16-10(6-7)17-12(18)8-2-1-3-9(15)11(8)14/h1-6H,(H,16,17,18). The van der Waals surface area contributed by atoms with Crippen LogP contribution >= 0.6 is 31.9 Å². The Bertz CT molecular complexity index is 604. The molecule has 0 aliphatic carbocycles. The van der Waals surface area contributed by atoms with Crippen LogP contribution in [0.15, 0.2) is 45.5 Å². The molecule has 92 valence electrons. The van der Waals surface area contributed by atoms with Gasteiger partial charge in [0.1, 0.15) is 11.6 Å². The minimum atomic E-state index is -0.482. The van der Waals surface area contributed by atoms with Crippen molar-refractivity contribution in [3.8, 4) is 0 Å². The fourth-order valence-electron chi connectivity index (χ4n) is 1.34. The molecular formula is C12H7Br2FN2O. The van der Waals surface area contributed by atoms with Crippen LogP contribution in [0, 0.1) is 5.82 Å². The van der Waals surface area contributed by atoms with E-state index in [1.54, 1.807) is 18.3 Å². The predicted octanol–water partition coefficient (Wildman–Crippen LogP) is 4.00. The second-order valence-electron chi connectivity index (χ2n) is 3.41. The molecule has 0 saturated heterocycles. The molecule has 1 N–H and O–H groups in total. The molecule has 2 aromatic rings. The van der Waals surface area contributed by atoms with Crippen LogP contribution in [0.2, 0.25) is 0 Å². The van der Waals surface area contributed by atoms with E-state index in [0.717, 1.165) is 4.47 Å². The summed E-state index contributed by atoms with van der Waals surface area (Å²) in [5, 5.41) is 2.59. The third kappa shape index (κ3) is 2.94. The molecule has 0 bridgehead atoms. The van der Waals surface area contributed by atoms with Crippen LogP contribution in [0.4, 0.5) is 10.2 Å². The van der Waals surface area contributed by atoms with E-state index in [1.807, 2.05) is 0 Å². The summed E-state index contributed by atoms with van der Waals surface area (Å²) in [5.74, 6) is -0.512. The first-order valence-electron chi connectivity index (χ1n) is 4.95. The Morgan fingerprint density at radius 3 is 2.78 bits per heavy atom. The molecule has 1 aromatic heterocycles. The second kappa shape index (κ2) is 5.58. The zero-order chi connectivity index (χ0) is 13.1. The Labute approximate surface area is 120 Å². The first kappa shape index (κ1) is 13.2. The summed E-state index contributed by atoms with van der Waals surface area (Å²) in [6.07, 6.45) is 1.56. The number of nitrogens with zero attached hydrogens (tertiary/aromatic N) is 1. The predicted molar refractivity (Wildman–Crippen MR) is 74.0 cm³/mol. The van der Waals surface area contributed by atoms with Gasteiger partial charge in [-0.1, -0.05) is 22.0 Å². The SMILES string of the molecule is O=C(Nc1cc(Br)ccn1)c1cccc(F)c1Br. The summed E-state index contributed by atoms with van der Waals surface area (Å²) in [7, 11) is 0. The topological polar surface area (TPSA) is 42.0 Å². The van der Waals surface area contributed by atoms with Gasteiger partial charge < -0.3 is 5.32 Å². The van der Waals surface area contributed by atoms with Gasteiger partial charge in [0, 0.05) is 10.7 Å². The molecule has 0 atom stereocenters. The van der Waals surface area contributed by atoms with Crippen molar-refractivity contribution in [1.29, 1.82) is 0 Å². The summed E-state index contributed by atoms with van der Waals surface area (Å²) < 4.78 is 14.2. The average molecular weight is 374 g/mol. The molecule has 2 rings (SSSR count). The third-order valence-electron chi connectivity index (χ3n) is 2.16. The lowest BCUT2D eigenvalue weighted by Crippen LogP contribution is -2.14. The summed E-state index contributed by atoms with van der Waals surface area (Å²) in [6, 6.07) is 7.68. The van der Waals surface area contributed by atoms with E-state index in [2.05, 4.69) is 42.2 Å². The van der Waals surface area contributed by atoms with Gasteiger partial charge >= 0.3 is 0 Å². The number of pyridine rings is 1. The number of hydrogen-bond donors (Lipinski definition) is 1. The fourth-order valence-corrected chi connectivity index (χ4v) is 2.12. The molecule has 0 aliphatic heterocycles. The monoisotopic (exact) mass is 372 g/mol. The van der Waals surface area contributed by atoms with E-state index in [1.165, 1.54) is 18.2 Å². The quantitative estimate of drug-likeness (QED) is 0.864. The molecule has 0 radical (unpaired) electrons. The van der Waals surface area contributed by atoms with Gasteiger partial charge in [0.2, 0.25) is 0 Å². The molecule has 3 nitrogen and oxygen atoms in total. The van der Waals surface area contributed by atoms with E-state index in [4.69, 9.17) is 0 Å². The van der Waals surface area contributed by atoms with Crippen LogP contribution in [0.5, 0.6) is 0 Å². The molecule has 6 heteroatoms. The molecule has 18 heavy (non-hydrogen) atoms. The van der Waals surface area contributed by atoms with Gasteiger partial charge in [0.15, 0.2) is 0 Å². The highest BCUT2D eigenvalue weighted by molar-refractivity contribution is 9.10. The van der Waals surface area contributed by atoms with Crippen molar-refractivity contribution in [3.05, 3.63) is 56.9 Å². The maximum atomic E-state index is 13.3. The van der Waals surface area contributed by atoms with Crippen LogP contribution in [0.3, 0.4) is 0 Å². The molecular weight excluding hydrogens is 367 g/mol. The Morgan fingerprint density at radius 1 is 1.28 bits per heavy atom. The Balaban J connectivity index is 2.25. The number of halogens is 3. The van der Waals surface area contributed by atoms with Crippen molar-refractivity contribution < 1.29 is 9.18 Å². The van der Waals surface area contributed by atoms with E-state index < -0.39 is 11.7 Å². The number of hydrogen-bond acceptors (Lipinski definition) is 2. The number of rotatable bonds is 2. The van der Waals surface area contributed by atoms with E-state index in [9.17, 15) is 9.18 Å². The smallest absolute Gasteiger partial charge is 0.258 e. The molecule has 1 amide bonds. The van der Waals surface area contributed by atoms with Crippen molar-refractivity contribution in [3.63, 3.8) is 0 Å². The van der Waals surface area contributed by atoms with Crippen LogP contribution < -0.4 is 5.32 Å². The van der Waals surface area contributed by atoms with Crippen molar-refractivity contribution in [2.24, 2.45) is 0 Å². The first-order chi connectivity index (χ1) is 8.58. The van der Waals surface area contributed by atoms with Gasteiger partial charge in [-0.05, 0) is 40.2 Å². The van der Waals surface area contributed by atoms with Crippen molar-refractivity contribution >= 4 is 43.6 Å². The average Bonchev–Trinajstić information content (AvgIpc) is 2.32. The van der Waals surface area contributed by atoms with Crippen molar-refractivity contribution in [2.45, 2.75) is 0 Å². The van der Waals surface area contributed by atoms with Crippen LogP contribution in [-0.4, -0.2) is 10.9 Å². The molecule has 0 spiro atoms. The number of aromatic nitrogens is 1. The summed E-state index contributed by atoms with van der Waals surface area (Å²) in [4.78, 5) is 15.9. The molecule has 1 heterocycles. The van der Waals surface area contributed by atoms with Gasteiger partial charge in [-0.25, -0.2) is 9.37 Å². The molecule has 1 aromatic carbocycles. The zero-order valence-electron chi connectivity index (χ0n) is 8.95. The number of amides is 1. The zero-order valence-corrected chi connectivity index (χ0v) is 12.1. The number of carbonyl (C=O) groups excluding carboxylic acids is 1. The highest BCUT2D eigenvalue weighted by Crippen LogP contribution is 2.21. The van der Waals surface area contributed by atoms with Gasteiger partial charge in [0.25, 0.3) is 5.91 Å². The third-order valence-corrected chi connectivity index (χ3v) is 3.46. The van der Waals surface area contributed by atoms with E-state index in [0.29, 0.717) is 5.82 Å². The van der Waals surface area contributed by atoms with Gasteiger partial charge in [-0.3, -0.25) is 4.79 Å². The van der Waals surface area contributed by atoms with E-state index >= 15 is 0 Å². The molecule has 0 fully saturated rings. The Kier molecular flexibility index (Phi) is 4.08. The van der Waals surface area contributed by atoms with Gasteiger partial charge in [0.05, 0.1) is 10.0 Å². The number of carbonyl (C=O) groups is 1. The molecule has 0 saturated carbocycles. The minimum absolute atomic E-state index is 0.137. The Morgan fingerprint density at radius 2 is 2.06 bits per heavy atom. The minimum Gasteiger partial charge on any atom is -0.306 e. The van der Waals surface area contributed by atoms with Crippen LogP contribution in [0.1, 0.15) is 10.4 Å². The number of anilines is 1. The first-order valence-corrected chi connectivity index (χ1v) is 6.53. The van der Waals surface area contributed by atoms with Gasteiger partial charge in [-0.2, -0.15) is 0 Å². The second-order valence-corrected chi connectivity index (χ2v) is 5.12. The Hall–Kier alpha value is -1.27. The van der Waals surface area contributed by atoms with Crippen molar-refractivity contribution in [1.82, 2.24) is 4.98 Å². The van der Waals surface area contributed by atoms with Crippen molar-refractivity contribution in [2.75, 3.05) is 5.32 Å². The lowest BCUT2D eigenvalue weighted by atomic mass is 10.2. The largest absolute Gasteiger partial charge is 0.306 e. The summed E-state index contributed by atoms with van der Waals surface area (Å²) in [6.45, 7) is 0. The van der Waals surface area contributed by atoms with Gasteiger partial charge in [-0.15, -0.1) is 0 Å².